The molecule has 2 N–H and O–H groups in total. The number of nitrogens with one attached hydrogen (secondary N) is 2. The van der Waals surface area contributed by atoms with E-state index < -0.39 is 23.0 Å². The number of aryl methyl sites for hydroxylation is 1. The number of non-ortho nitro benzene ring substituents is 1. The molecule has 2 aromatic heterocycles. The number of aromatic amines is 1. The molecule has 0 fully saturated rings. The van der Waals surface area contributed by atoms with Gasteiger partial charge in [-0.2, -0.15) is 13.2 Å². The van der Waals surface area contributed by atoms with Gasteiger partial charge in [-0.05, 0) is 12.1 Å². The van der Waals surface area contributed by atoms with Crippen LogP contribution in [0.25, 0.3) is 10.9 Å². The molecule has 0 saturated heterocycles. The molecular weight excluding hydrogens is 353 g/mol. The lowest BCUT2D eigenvalue weighted by atomic mass is 10.1. The summed E-state index contributed by atoms with van der Waals surface area (Å²) in [6.07, 6.45) is -0.773. The van der Waals surface area contributed by atoms with Gasteiger partial charge >= 0.3 is 6.18 Å². The van der Waals surface area contributed by atoms with Crippen molar-refractivity contribution in [1.29, 1.82) is 0 Å². The summed E-state index contributed by atoms with van der Waals surface area (Å²) in [6.45, 7) is 0. The highest BCUT2D eigenvalue weighted by Crippen LogP contribution is 2.33. The SMILES string of the molecule is Cn1ccc([C@@H](NC(=O)c2c[nH]c3ccc([N+](=O)[O-])cc23)C(F)(F)F)c1. The third kappa shape index (κ3) is 3.25. The maximum absolute atomic E-state index is 13.4. The van der Waals surface area contributed by atoms with Gasteiger partial charge in [0.1, 0.15) is 0 Å². The van der Waals surface area contributed by atoms with Crippen molar-refractivity contribution in [1.82, 2.24) is 14.9 Å². The van der Waals surface area contributed by atoms with E-state index in [9.17, 15) is 28.1 Å². The smallest absolute Gasteiger partial charge is 0.360 e. The van der Waals surface area contributed by atoms with Crippen LogP contribution in [0.15, 0.2) is 42.9 Å². The van der Waals surface area contributed by atoms with Crippen molar-refractivity contribution >= 4 is 22.5 Å². The van der Waals surface area contributed by atoms with Crippen molar-refractivity contribution in [2.75, 3.05) is 0 Å². The van der Waals surface area contributed by atoms with Gasteiger partial charge in [-0.15, -0.1) is 0 Å². The summed E-state index contributed by atoms with van der Waals surface area (Å²) in [5.74, 6) is -0.983. The van der Waals surface area contributed by atoms with Crippen molar-refractivity contribution < 1.29 is 22.9 Å². The summed E-state index contributed by atoms with van der Waals surface area (Å²) in [5, 5.41) is 13.0. The minimum absolute atomic E-state index is 0.103. The second kappa shape index (κ2) is 6.21. The van der Waals surface area contributed by atoms with Crippen LogP contribution in [0.2, 0.25) is 0 Å². The number of hydrogen-bond donors (Lipinski definition) is 2. The molecule has 0 aliphatic heterocycles. The van der Waals surface area contributed by atoms with Crippen LogP contribution in [0, 0.1) is 10.1 Å². The van der Waals surface area contributed by atoms with Crippen LogP contribution in [0.1, 0.15) is 22.0 Å². The molecule has 1 aromatic carbocycles. The standard InChI is InChI=1S/C16H13F3N4O3/c1-22-5-4-9(8-22)14(16(17,18)19)21-15(24)12-7-20-13-3-2-10(23(25)26)6-11(12)13/h2-8,14,20H,1H3,(H,21,24)/t14-/m1/s1. The lowest BCUT2D eigenvalue weighted by molar-refractivity contribution is -0.384. The van der Waals surface area contributed by atoms with Crippen LogP contribution in [0.4, 0.5) is 18.9 Å². The van der Waals surface area contributed by atoms with Crippen molar-refractivity contribution in [2.45, 2.75) is 12.2 Å². The molecule has 2 heterocycles. The number of aromatic nitrogens is 2. The third-order valence-corrected chi connectivity index (χ3v) is 3.91. The van der Waals surface area contributed by atoms with Crippen molar-refractivity contribution in [2.24, 2.45) is 7.05 Å². The van der Waals surface area contributed by atoms with Gasteiger partial charge in [0.05, 0.1) is 10.5 Å². The van der Waals surface area contributed by atoms with Gasteiger partial charge in [0.25, 0.3) is 11.6 Å². The predicted molar refractivity (Wildman–Crippen MR) is 86.6 cm³/mol. The fraction of sp³-hybridized carbons (Fsp3) is 0.188. The number of carbonyl (C=O) groups is 1. The van der Waals surface area contributed by atoms with Gasteiger partial charge in [0.15, 0.2) is 6.04 Å². The number of rotatable bonds is 4. The van der Waals surface area contributed by atoms with Crippen LogP contribution in [-0.2, 0) is 7.05 Å². The lowest BCUT2D eigenvalue weighted by Gasteiger charge is -2.20. The zero-order valence-corrected chi connectivity index (χ0v) is 13.4. The number of amides is 1. The molecule has 0 aliphatic carbocycles. The number of carbonyl (C=O) groups excluding carboxylic acids is 1. The molecule has 3 aromatic rings. The fourth-order valence-corrected chi connectivity index (χ4v) is 2.67. The molecule has 0 unspecified atom stereocenters. The summed E-state index contributed by atoms with van der Waals surface area (Å²) < 4.78 is 41.6. The largest absolute Gasteiger partial charge is 0.412 e. The first-order chi connectivity index (χ1) is 12.2. The first kappa shape index (κ1) is 17.5. The highest BCUT2D eigenvalue weighted by molar-refractivity contribution is 6.07. The van der Waals surface area contributed by atoms with E-state index in [1.54, 1.807) is 7.05 Å². The van der Waals surface area contributed by atoms with Crippen LogP contribution < -0.4 is 5.32 Å². The topological polar surface area (TPSA) is 93.0 Å². The molecule has 0 saturated carbocycles. The number of alkyl halides is 3. The van der Waals surface area contributed by atoms with E-state index in [1.165, 1.54) is 41.4 Å². The summed E-state index contributed by atoms with van der Waals surface area (Å²) >= 11 is 0. The Morgan fingerprint density at radius 2 is 2.08 bits per heavy atom. The average Bonchev–Trinajstić information content (AvgIpc) is 3.16. The molecule has 7 nitrogen and oxygen atoms in total. The van der Waals surface area contributed by atoms with Gasteiger partial charge < -0.3 is 14.9 Å². The molecule has 136 valence electrons. The van der Waals surface area contributed by atoms with E-state index >= 15 is 0 Å². The molecular formula is C16H13F3N4O3. The first-order valence-corrected chi connectivity index (χ1v) is 7.42. The Labute approximate surface area is 144 Å². The van der Waals surface area contributed by atoms with Crippen molar-refractivity contribution in [3.05, 3.63) is 64.1 Å². The number of benzene rings is 1. The molecule has 10 heteroatoms. The Morgan fingerprint density at radius 3 is 2.65 bits per heavy atom. The Hall–Kier alpha value is -3.30. The van der Waals surface area contributed by atoms with E-state index in [4.69, 9.17) is 0 Å². The minimum atomic E-state index is -4.70. The molecule has 1 amide bonds. The molecule has 0 spiro atoms. The summed E-state index contributed by atoms with van der Waals surface area (Å²) in [4.78, 5) is 25.4. The third-order valence-electron chi connectivity index (χ3n) is 3.91. The zero-order valence-electron chi connectivity index (χ0n) is 13.4. The predicted octanol–water partition coefficient (Wildman–Crippen LogP) is 3.45. The normalized spacial score (nSPS) is 12.9. The number of nitro groups is 1. The maximum atomic E-state index is 13.4. The quantitative estimate of drug-likeness (QED) is 0.547. The average molecular weight is 366 g/mol. The summed E-state index contributed by atoms with van der Waals surface area (Å²) in [7, 11) is 1.57. The fourth-order valence-electron chi connectivity index (χ4n) is 2.67. The molecule has 1 atom stereocenters. The van der Waals surface area contributed by atoms with Crippen molar-refractivity contribution in [3.63, 3.8) is 0 Å². The number of nitro benzene ring substituents is 1. The van der Waals surface area contributed by atoms with E-state index in [-0.39, 0.29) is 22.2 Å². The van der Waals surface area contributed by atoms with Gasteiger partial charge in [0, 0.05) is 54.2 Å². The molecule has 3 rings (SSSR count). The summed E-state index contributed by atoms with van der Waals surface area (Å²) in [6, 6.07) is 2.84. The van der Waals surface area contributed by atoms with Gasteiger partial charge in [0.2, 0.25) is 0 Å². The Morgan fingerprint density at radius 1 is 1.35 bits per heavy atom. The number of halogens is 3. The number of fused-ring (bicyclic) bond motifs is 1. The van der Waals surface area contributed by atoms with E-state index in [1.807, 2.05) is 5.32 Å². The van der Waals surface area contributed by atoms with E-state index in [0.29, 0.717) is 5.52 Å². The van der Waals surface area contributed by atoms with Crippen LogP contribution in [0.5, 0.6) is 0 Å². The van der Waals surface area contributed by atoms with Gasteiger partial charge in [-0.1, -0.05) is 0 Å². The monoisotopic (exact) mass is 366 g/mol. The van der Waals surface area contributed by atoms with Gasteiger partial charge in [-0.25, -0.2) is 0 Å². The second-order valence-corrected chi connectivity index (χ2v) is 5.75. The molecule has 0 aliphatic rings. The highest BCUT2D eigenvalue weighted by Gasteiger charge is 2.42. The summed E-state index contributed by atoms with van der Waals surface area (Å²) in [5.41, 5.74) is -0.0707. The van der Waals surface area contributed by atoms with Crippen LogP contribution >= 0.6 is 0 Å². The van der Waals surface area contributed by atoms with Crippen LogP contribution in [0.3, 0.4) is 0 Å². The Balaban J connectivity index is 1.96. The van der Waals surface area contributed by atoms with E-state index in [2.05, 4.69) is 4.98 Å². The van der Waals surface area contributed by atoms with E-state index in [0.717, 1.165) is 6.07 Å². The molecule has 0 radical (unpaired) electrons. The first-order valence-electron chi connectivity index (χ1n) is 7.42. The second-order valence-electron chi connectivity index (χ2n) is 5.75. The zero-order chi connectivity index (χ0) is 19.1. The maximum Gasteiger partial charge on any atom is 0.412 e. The Kier molecular flexibility index (Phi) is 4.18. The van der Waals surface area contributed by atoms with Crippen molar-refractivity contribution in [3.8, 4) is 0 Å². The van der Waals surface area contributed by atoms with Crippen LogP contribution in [-0.4, -0.2) is 26.6 Å². The molecule has 26 heavy (non-hydrogen) atoms. The van der Waals surface area contributed by atoms with Gasteiger partial charge in [-0.3, -0.25) is 14.9 Å². The molecule has 0 bridgehead atoms. The Bertz CT molecular complexity index is 990. The number of nitrogens with zero attached hydrogens (tertiary/aromatic N) is 2. The minimum Gasteiger partial charge on any atom is -0.360 e. The lowest BCUT2D eigenvalue weighted by Crippen LogP contribution is -2.37. The number of H-pyrrole nitrogens is 1. The highest BCUT2D eigenvalue weighted by atomic mass is 19.4. The number of hydrogen-bond acceptors (Lipinski definition) is 3.